The van der Waals surface area contributed by atoms with E-state index in [0.717, 1.165) is 21.6 Å². The summed E-state index contributed by atoms with van der Waals surface area (Å²) in [6.07, 6.45) is 1.53. The van der Waals surface area contributed by atoms with Crippen LogP contribution in [0.25, 0.3) is 10.9 Å². The van der Waals surface area contributed by atoms with Gasteiger partial charge >= 0.3 is 0 Å². The molecule has 2 aromatic carbocycles. The number of amides is 1. The number of aryl methyl sites for hydroxylation is 1. The van der Waals surface area contributed by atoms with Crippen molar-refractivity contribution < 1.29 is 4.79 Å². The van der Waals surface area contributed by atoms with Gasteiger partial charge in [0, 0.05) is 11.1 Å². The number of carbonyl (C=O) groups is 1. The Morgan fingerprint density at radius 1 is 1.09 bits per heavy atom. The average Bonchev–Trinajstić information content (AvgIpc) is 2.55. The van der Waals surface area contributed by atoms with E-state index in [1.54, 1.807) is 0 Å². The normalized spacial score (nSPS) is 10.6. The molecule has 0 unspecified atom stereocenters. The Labute approximate surface area is 133 Å². The smallest absolute Gasteiger partial charge is 0.234 e. The first-order valence-electron chi connectivity index (χ1n) is 6.91. The molecule has 3 aromatic rings. The van der Waals surface area contributed by atoms with E-state index in [1.165, 1.54) is 23.7 Å². The molecular formula is C17H15N3OS. The third-order valence-corrected chi connectivity index (χ3v) is 4.19. The number of hydrogen-bond donors (Lipinski definition) is 1. The Morgan fingerprint density at radius 3 is 2.68 bits per heavy atom. The van der Waals surface area contributed by atoms with Crippen LogP contribution < -0.4 is 5.32 Å². The van der Waals surface area contributed by atoms with Gasteiger partial charge < -0.3 is 5.32 Å². The molecule has 0 aliphatic heterocycles. The molecule has 0 saturated carbocycles. The van der Waals surface area contributed by atoms with E-state index < -0.39 is 0 Å². The number of benzene rings is 2. The maximum Gasteiger partial charge on any atom is 0.234 e. The van der Waals surface area contributed by atoms with E-state index in [2.05, 4.69) is 15.3 Å². The zero-order valence-corrected chi connectivity index (χ0v) is 12.9. The first-order chi connectivity index (χ1) is 10.7. The fraction of sp³-hybridized carbons (Fsp3) is 0.118. The standard InChI is InChI=1S/C17H15N3OS/c1-12-6-8-13(9-7-12)20-16(21)10-22-17-14-4-2-3-5-15(14)18-11-19-17/h2-9,11H,10H2,1H3,(H,20,21). The lowest BCUT2D eigenvalue weighted by molar-refractivity contribution is -0.113. The predicted molar refractivity (Wildman–Crippen MR) is 90.1 cm³/mol. The molecule has 0 fully saturated rings. The zero-order chi connectivity index (χ0) is 15.4. The molecule has 0 aliphatic rings. The van der Waals surface area contributed by atoms with Gasteiger partial charge in [0.25, 0.3) is 0 Å². The molecule has 1 N–H and O–H groups in total. The van der Waals surface area contributed by atoms with Gasteiger partial charge in [0.15, 0.2) is 0 Å². The Bertz CT molecular complexity index is 797. The van der Waals surface area contributed by atoms with Crippen LogP contribution in [0.4, 0.5) is 5.69 Å². The van der Waals surface area contributed by atoms with Crippen molar-refractivity contribution in [2.45, 2.75) is 11.9 Å². The number of aromatic nitrogens is 2. The van der Waals surface area contributed by atoms with Crippen LogP contribution >= 0.6 is 11.8 Å². The molecular weight excluding hydrogens is 294 g/mol. The van der Waals surface area contributed by atoms with Crippen molar-refractivity contribution in [2.75, 3.05) is 11.1 Å². The molecule has 0 aliphatic carbocycles. The van der Waals surface area contributed by atoms with Crippen LogP contribution in [0.2, 0.25) is 0 Å². The number of para-hydroxylation sites is 1. The predicted octanol–water partition coefficient (Wildman–Crippen LogP) is 3.67. The molecule has 110 valence electrons. The first kappa shape index (κ1) is 14.5. The maximum absolute atomic E-state index is 12.0. The van der Waals surface area contributed by atoms with Crippen LogP contribution in [-0.4, -0.2) is 21.6 Å². The fourth-order valence-corrected chi connectivity index (χ4v) is 2.85. The van der Waals surface area contributed by atoms with Gasteiger partial charge in [-0.05, 0) is 25.1 Å². The van der Waals surface area contributed by atoms with Gasteiger partial charge in [0.1, 0.15) is 11.4 Å². The molecule has 0 saturated heterocycles. The molecule has 0 atom stereocenters. The van der Waals surface area contributed by atoms with E-state index in [0.29, 0.717) is 5.75 Å². The van der Waals surface area contributed by atoms with Crippen LogP contribution in [0.3, 0.4) is 0 Å². The largest absolute Gasteiger partial charge is 0.325 e. The number of nitrogens with zero attached hydrogens (tertiary/aromatic N) is 2. The molecule has 4 nitrogen and oxygen atoms in total. The SMILES string of the molecule is Cc1ccc(NC(=O)CSc2ncnc3ccccc23)cc1. The lowest BCUT2D eigenvalue weighted by atomic mass is 10.2. The summed E-state index contributed by atoms with van der Waals surface area (Å²) in [6.45, 7) is 2.02. The summed E-state index contributed by atoms with van der Waals surface area (Å²) >= 11 is 1.42. The molecule has 5 heteroatoms. The van der Waals surface area contributed by atoms with Crippen molar-refractivity contribution in [3.8, 4) is 0 Å². The van der Waals surface area contributed by atoms with Crippen LogP contribution in [-0.2, 0) is 4.79 Å². The van der Waals surface area contributed by atoms with Crippen LogP contribution in [0, 0.1) is 6.92 Å². The number of anilines is 1. The minimum absolute atomic E-state index is 0.0449. The lowest BCUT2D eigenvalue weighted by Crippen LogP contribution is -2.14. The third-order valence-electron chi connectivity index (χ3n) is 3.18. The van der Waals surface area contributed by atoms with Crippen LogP contribution in [0.5, 0.6) is 0 Å². The summed E-state index contributed by atoms with van der Waals surface area (Å²) < 4.78 is 0. The number of thioether (sulfide) groups is 1. The quantitative estimate of drug-likeness (QED) is 0.590. The topological polar surface area (TPSA) is 54.9 Å². The van der Waals surface area contributed by atoms with Gasteiger partial charge in [-0.1, -0.05) is 47.7 Å². The molecule has 0 spiro atoms. The van der Waals surface area contributed by atoms with Crippen LogP contribution in [0.1, 0.15) is 5.56 Å². The molecule has 1 aromatic heterocycles. The minimum Gasteiger partial charge on any atom is -0.325 e. The van der Waals surface area contributed by atoms with Gasteiger partial charge in [-0.3, -0.25) is 4.79 Å². The van der Waals surface area contributed by atoms with Gasteiger partial charge in [-0.25, -0.2) is 9.97 Å². The van der Waals surface area contributed by atoms with Crippen molar-refractivity contribution in [1.29, 1.82) is 0 Å². The Balaban J connectivity index is 1.66. The van der Waals surface area contributed by atoms with E-state index >= 15 is 0 Å². The highest BCUT2D eigenvalue weighted by atomic mass is 32.2. The molecule has 0 radical (unpaired) electrons. The van der Waals surface area contributed by atoms with E-state index in [-0.39, 0.29) is 5.91 Å². The summed E-state index contributed by atoms with van der Waals surface area (Å²) in [6, 6.07) is 15.5. The summed E-state index contributed by atoms with van der Waals surface area (Å²) in [5.41, 5.74) is 2.86. The monoisotopic (exact) mass is 309 g/mol. The number of rotatable bonds is 4. The summed E-state index contributed by atoms with van der Waals surface area (Å²) in [7, 11) is 0. The Kier molecular flexibility index (Phi) is 4.34. The van der Waals surface area contributed by atoms with Gasteiger partial charge in [-0.15, -0.1) is 0 Å². The minimum atomic E-state index is -0.0449. The second kappa shape index (κ2) is 6.58. The van der Waals surface area contributed by atoms with Crippen molar-refractivity contribution >= 4 is 34.3 Å². The van der Waals surface area contributed by atoms with E-state index in [9.17, 15) is 4.79 Å². The summed E-state index contributed by atoms with van der Waals surface area (Å²) in [5, 5.41) is 4.68. The molecule has 22 heavy (non-hydrogen) atoms. The highest BCUT2D eigenvalue weighted by molar-refractivity contribution is 8.00. The summed E-state index contributed by atoms with van der Waals surface area (Å²) in [5.74, 6) is 0.270. The second-order valence-electron chi connectivity index (χ2n) is 4.90. The zero-order valence-electron chi connectivity index (χ0n) is 12.1. The van der Waals surface area contributed by atoms with Crippen molar-refractivity contribution in [3.05, 3.63) is 60.4 Å². The molecule has 1 amide bonds. The molecule has 1 heterocycles. The summed E-state index contributed by atoms with van der Waals surface area (Å²) in [4.78, 5) is 20.5. The van der Waals surface area contributed by atoms with Crippen molar-refractivity contribution in [1.82, 2.24) is 9.97 Å². The Hall–Kier alpha value is -2.40. The maximum atomic E-state index is 12.0. The van der Waals surface area contributed by atoms with Gasteiger partial charge in [0.2, 0.25) is 5.91 Å². The third kappa shape index (κ3) is 3.43. The van der Waals surface area contributed by atoms with E-state index in [1.807, 2.05) is 55.5 Å². The number of carbonyl (C=O) groups excluding carboxylic acids is 1. The molecule has 3 rings (SSSR count). The van der Waals surface area contributed by atoms with Crippen LogP contribution in [0.15, 0.2) is 59.9 Å². The van der Waals surface area contributed by atoms with Crippen molar-refractivity contribution in [2.24, 2.45) is 0 Å². The highest BCUT2D eigenvalue weighted by Crippen LogP contribution is 2.24. The van der Waals surface area contributed by atoms with E-state index in [4.69, 9.17) is 0 Å². The van der Waals surface area contributed by atoms with Gasteiger partial charge in [-0.2, -0.15) is 0 Å². The van der Waals surface area contributed by atoms with Crippen molar-refractivity contribution in [3.63, 3.8) is 0 Å². The first-order valence-corrected chi connectivity index (χ1v) is 7.90. The Morgan fingerprint density at radius 2 is 1.86 bits per heavy atom. The average molecular weight is 309 g/mol. The molecule has 0 bridgehead atoms. The van der Waals surface area contributed by atoms with Gasteiger partial charge in [0.05, 0.1) is 11.3 Å². The number of nitrogens with one attached hydrogen (secondary N) is 1. The number of hydrogen-bond acceptors (Lipinski definition) is 4. The fourth-order valence-electron chi connectivity index (χ4n) is 2.06. The second-order valence-corrected chi connectivity index (χ2v) is 5.86. The number of fused-ring (bicyclic) bond motifs is 1. The lowest BCUT2D eigenvalue weighted by Gasteiger charge is -2.06. The highest BCUT2D eigenvalue weighted by Gasteiger charge is 2.07.